The van der Waals surface area contributed by atoms with Gasteiger partial charge < -0.3 is 24.6 Å². The molecule has 0 aliphatic heterocycles. The van der Waals surface area contributed by atoms with Crippen LogP contribution in [-0.4, -0.2) is 24.2 Å². The van der Waals surface area contributed by atoms with E-state index in [4.69, 9.17) is 14.0 Å². The van der Waals surface area contributed by atoms with Crippen LogP contribution >= 0.6 is 0 Å². The number of aryl methyl sites for hydroxylation is 2. The fourth-order valence-electron chi connectivity index (χ4n) is 3.98. The highest BCUT2D eigenvalue weighted by atomic mass is 16.5. The van der Waals surface area contributed by atoms with Crippen molar-refractivity contribution in [3.05, 3.63) is 65.0 Å². The number of ether oxygens (including phenoxy) is 2. The first kappa shape index (κ1) is 21.7. The molecule has 0 bridgehead atoms. The minimum absolute atomic E-state index is 0.210. The number of benzene rings is 2. The number of aromatic nitrogens is 1. The average molecular weight is 436 g/mol. The Labute approximate surface area is 188 Å². The van der Waals surface area contributed by atoms with Crippen LogP contribution in [0.25, 0.3) is 0 Å². The second-order valence-corrected chi connectivity index (χ2v) is 8.12. The highest BCUT2D eigenvalue weighted by Gasteiger charge is 2.16. The maximum absolute atomic E-state index is 12.8. The lowest BCUT2D eigenvalue weighted by molar-refractivity contribution is 0.102. The van der Waals surface area contributed by atoms with E-state index in [-0.39, 0.29) is 5.91 Å². The Bertz CT molecular complexity index is 1070. The van der Waals surface area contributed by atoms with Gasteiger partial charge in [-0.05, 0) is 63.1 Å². The molecule has 1 saturated carbocycles. The number of nitrogens with one attached hydrogen (secondary N) is 2. The largest absolute Gasteiger partial charge is 0.493 e. The first-order chi connectivity index (χ1) is 15.5. The van der Waals surface area contributed by atoms with Crippen molar-refractivity contribution in [1.29, 1.82) is 0 Å². The average Bonchev–Trinajstić information content (AvgIpc) is 3.42. The summed E-state index contributed by atoms with van der Waals surface area (Å²) in [6.45, 7) is 4.03. The predicted molar refractivity (Wildman–Crippen MR) is 124 cm³/mol. The fraction of sp³-hybridized carbons (Fsp3) is 0.360. The third kappa shape index (κ3) is 5.04. The van der Waals surface area contributed by atoms with Crippen molar-refractivity contribution in [2.75, 3.05) is 17.7 Å². The van der Waals surface area contributed by atoms with Crippen molar-refractivity contribution in [2.45, 2.75) is 52.2 Å². The van der Waals surface area contributed by atoms with Gasteiger partial charge in [-0.3, -0.25) is 4.79 Å². The van der Waals surface area contributed by atoms with Gasteiger partial charge in [0.15, 0.2) is 11.5 Å². The Morgan fingerprint density at radius 1 is 1.09 bits per heavy atom. The molecule has 0 unspecified atom stereocenters. The number of rotatable bonds is 8. The minimum Gasteiger partial charge on any atom is -0.493 e. The zero-order valence-corrected chi connectivity index (χ0v) is 18.7. The Balaban J connectivity index is 1.42. The molecule has 1 fully saturated rings. The second-order valence-electron chi connectivity index (χ2n) is 8.12. The maximum Gasteiger partial charge on any atom is 0.255 e. The summed E-state index contributed by atoms with van der Waals surface area (Å²) < 4.78 is 16.5. The van der Waals surface area contributed by atoms with E-state index in [0.717, 1.165) is 28.4 Å². The summed E-state index contributed by atoms with van der Waals surface area (Å²) in [4.78, 5) is 12.8. The number of hydrogen-bond acceptors (Lipinski definition) is 6. The summed E-state index contributed by atoms with van der Waals surface area (Å²) >= 11 is 0. The molecule has 1 heterocycles. The molecule has 7 heteroatoms. The van der Waals surface area contributed by atoms with Crippen LogP contribution < -0.4 is 20.1 Å². The van der Waals surface area contributed by atoms with E-state index in [9.17, 15) is 4.79 Å². The molecule has 0 atom stereocenters. The van der Waals surface area contributed by atoms with E-state index in [2.05, 4.69) is 15.8 Å². The van der Waals surface area contributed by atoms with Gasteiger partial charge in [0.2, 0.25) is 0 Å². The topological polar surface area (TPSA) is 85.6 Å². The van der Waals surface area contributed by atoms with E-state index >= 15 is 0 Å². The normalized spacial score (nSPS) is 13.7. The summed E-state index contributed by atoms with van der Waals surface area (Å²) in [7, 11) is 1.55. The Morgan fingerprint density at radius 3 is 2.59 bits per heavy atom. The van der Waals surface area contributed by atoms with Gasteiger partial charge in [-0.2, -0.15) is 0 Å². The van der Waals surface area contributed by atoms with Crippen LogP contribution in [0, 0.1) is 13.8 Å². The van der Waals surface area contributed by atoms with Crippen LogP contribution in [0.4, 0.5) is 11.4 Å². The van der Waals surface area contributed by atoms with Crippen molar-refractivity contribution >= 4 is 17.3 Å². The molecule has 1 aromatic heterocycles. The summed E-state index contributed by atoms with van der Waals surface area (Å²) in [6, 6.07) is 13.5. The molecule has 0 spiro atoms. The number of anilines is 2. The molecule has 1 aliphatic carbocycles. The zero-order valence-electron chi connectivity index (χ0n) is 18.7. The molecule has 1 aliphatic rings. The van der Waals surface area contributed by atoms with E-state index in [1.54, 1.807) is 25.3 Å². The number of hydrogen-bond donors (Lipinski definition) is 2. The monoisotopic (exact) mass is 435 g/mol. The standard InChI is InChI=1S/C25H29N3O4/c1-16-22(17(2)32-28-16)15-31-23-12-11-18(13-24(23)30-3)25(29)27-21-10-6-9-20(14-21)26-19-7-4-5-8-19/h6,9-14,19,26H,4-5,7-8,15H2,1-3H3,(H,27,29). The smallest absolute Gasteiger partial charge is 0.255 e. The molecular weight excluding hydrogens is 406 g/mol. The number of amides is 1. The lowest BCUT2D eigenvalue weighted by Gasteiger charge is -2.15. The van der Waals surface area contributed by atoms with Gasteiger partial charge in [-0.25, -0.2) is 0 Å². The first-order valence-electron chi connectivity index (χ1n) is 10.9. The number of methoxy groups -OCH3 is 1. The van der Waals surface area contributed by atoms with E-state index in [1.165, 1.54) is 25.7 Å². The van der Waals surface area contributed by atoms with Crippen molar-refractivity contribution < 1.29 is 18.8 Å². The molecule has 7 nitrogen and oxygen atoms in total. The number of carbonyl (C=O) groups excluding carboxylic acids is 1. The first-order valence-corrected chi connectivity index (χ1v) is 10.9. The molecule has 0 radical (unpaired) electrons. The molecule has 3 aromatic rings. The van der Waals surface area contributed by atoms with Crippen LogP contribution in [0.5, 0.6) is 11.5 Å². The van der Waals surface area contributed by atoms with Crippen molar-refractivity contribution in [3.8, 4) is 11.5 Å². The van der Waals surface area contributed by atoms with Crippen LogP contribution in [0.2, 0.25) is 0 Å². The summed E-state index contributed by atoms with van der Waals surface area (Å²) in [6.07, 6.45) is 4.93. The summed E-state index contributed by atoms with van der Waals surface area (Å²) in [5.41, 5.74) is 3.95. The lowest BCUT2D eigenvalue weighted by atomic mass is 10.1. The van der Waals surface area contributed by atoms with Crippen molar-refractivity contribution in [2.24, 2.45) is 0 Å². The van der Waals surface area contributed by atoms with E-state index in [1.807, 2.05) is 38.1 Å². The van der Waals surface area contributed by atoms with E-state index in [0.29, 0.717) is 29.7 Å². The molecule has 32 heavy (non-hydrogen) atoms. The molecule has 4 rings (SSSR count). The van der Waals surface area contributed by atoms with Gasteiger partial charge in [0.1, 0.15) is 12.4 Å². The van der Waals surface area contributed by atoms with Gasteiger partial charge >= 0.3 is 0 Å². The molecular formula is C25H29N3O4. The molecule has 168 valence electrons. The van der Waals surface area contributed by atoms with Crippen LogP contribution in [-0.2, 0) is 6.61 Å². The maximum atomic E-state index is 12.8. The minimum atomic E-state index is -0.210. The Hall–Kier alpha value is -3.48. The number of nitrogens with zero attached hydrogens (tertiary/aromatic N) is 1. The predicted octanol–water partition coefficient (Wildman–Crippen LogP) is 5.49. The van der Waals surface area contributed by atoms with E-state index < -0.39 is 0 Å². The molecule has 2 N–H and O–H groups in total. The highest BCUT2D eigenvalue weighted by Crippen LogP contribution is 2.30. The van der Waals surface area contributed by atoms with Gasteiger partial charge in [0, 0.05) is 23.0 Å². The molecule has 2 aromatic carbocycles. The van der Waals surface area contributed by atoms with Crippen molar-refractivity contribution in [3.63, 3.8) is 0 Å². The van der Waals surface area contributed by atoms with Crippen LogP contribution in [0.3, 0.4) is 0 Å². The Kier molecular flexibility index (Phi) is 6.63. The number of carbonyl (C=O) groups is 1. The third-order valence-corrected chi connectivity index (χ3v) is 5.83. The quantitative estimate of drug-likeness (QED) is 0.487. The fourth-order valence-corrected chi connectivity index (χ4v) is 3.98. The molecule has 1 amide bonds. The SMILES string of the molecule is COc1cc(C(=O)Nc2cccc(NC3CCCC3)c2)ccc1OCc1c(C)noc1C. The Morgan fingerprint density at radius 2 is 1.88 bits per heavy atom. The zero-order chi connectivity index (χ0) is 22.5. The summed E-state index contributed by atoms with van der Waals surface area (Å²) in [5.74, 6) is 1.55. The summed E-state index contributed by atoms with van der Waals surface area (Å²) in [5, 5.41) is 10.5. The van der Waals surface area contributed by atoms with Crippen molar-refractivity contribution in [1.82, 2.24) is 5.16 Å². The van der Waals surface area contributed by atoms with Gasteiger partial charge in [-0.1, -0.05) is 24.1 Å². The van der Waals surface area contributed by atoms with Gasteiger partial charge in [-0.15, -0.1) is 0 Å². The second kappa shape index (κ2) is 9.77. The highest BCUT2D eigenvalue weighted by molar-refractivity contribution is 6.04. The lowest BCUT2D eigenvalue weighted by Crippen LogP contribution is -2.15. The van der Waals surface area contributed by atoms with Gasteiger partial charge in [0.05, 0.1) is 18.4 Å². The van der Waals surface area contributed by atoms with Crippen LogP contribution in [0.15, 0.2) is 47.0 Å². The van der Waals surface area contributed by atoms with Crippen LogP contribution in [0.1, 0.15) is 53.1 Å². The third-order valence-electron chi connectivity index (χ3n) is 5.83. The molecule has 0 saturated heterocycles. The van der Waals surface area contributed by atoms with Gasteiger partial charge in [0.25, 0.3) is 5.91 Å².